The van der Waals surface area contributed by atoms with E-state index < -0.39 is 12.1 Å². The van der Waals surface area contributed by atoms with Crippen molar-refractivity contribution in [2.24, 2.45) is 0 Å². The Bertz CT molecular complexity index is 1330. The molecule has 2 aromatic heterocycles. The van der Waals surface area contributed by atoms with Gasteiger partial charge in [0.2, 0.25) is 5.82 Å². The second-order valence-corrected chi connectivity index (χ2v) is 9.40. The van der Waals surface area contributed by atoms with Crippen LogP contribution in [-0.4, -0.2) is 55.5 Å². The van der Waals surface area contributed by atoms with Crippen molar-refractivity contribution in [2.75, 3.05) is 13.1 Å². The molecule has 2 atom stereocenters. The molecule has 1 aliphatic heterocycles. The number of carbonyl (C=O) groups is 1. The lowest BCUT2D eigenvalue weighted by Crippen LogP contribution is -2.34. The fourth-order valence-electron chi connectivity index (χ4n) is 4.96. The first kappa shape index (κ1) is 24.9. The van der Waals surface area contributed by atoms with E-state index in [9.17, 15) is 9.90 Å². The molecule has 2 N–H and O–H groups in total. The molecule has 0 bridgehead atoms. The van der Waals surface area contributed by atoms with Crippen LogP contribution in [0.2, 0.25) is 0 Å². The smallest absolute Gasteiger partial charge is 0.304 e. The summed E-state index contributed by atoms with van der Waals surface area (Å²) in [6.07, 6.45) is 2.85. The van der Waals surface area contributed by atoms with E-state index in [1.807, 2.05) is 54.6 Å². The van der Waals surface area contributed by atoms with Crippen molar-refractivity contribution < 1.29 is 24.1 Å². The topological polar surface area (TPSA) is 126 Å². The van der Waals surface area contributed by atoms with Crippen LogP contribution in [0.5, 0.6) is 0 Å². The molecule has 1 unspecified atom stereocenters. The van der Waals surface area contributed by atoms with Gasteiger partial charge in [-0.25, -0.2) is 0 Å². The Morgan fingerprint density at radius 1 is 1.08 bits per heavy atom. The summed E-state index contributed by atoms with van der Waals surface area (Å²) < 4.78 is 11.3. The minimum atomic E-state index is -0.807. The number of aliphatic carboxylic acids is 1. The Morgan fingerprint density at radius 3 is 2.59 bits per heavy atom. The van der Waals surface area contributed by atoms with Crippen LogP contribution in [0, 0.1) is 0 Å². The predicted molar refractivity (Wildman–Crippen MR) is 136 cm³/mol. The summed E-state index contributed by atoms with van der Waals surface area (Å²) in [6, 6.07) is 17.2. The molecule has 0 aliphatic carbocycles. The van der Waals surface area contributed by atoms with Crippen LogP contribution in [0.1, 0.15) is 49.8 Å². The molecular weight excluding hydrogens is 472 g/mol. The maximum absolute atomic E-state index is 11.1. The van der Waals surface area contributed by atoms with Crippen LogP contribution in [0.4, 0.5) is 0 Å². The molecule has 0 saturated carbocycles. The Kier molecular flexibility index (Phi) is 7.43. The Balaban J connectivity index is 1.31. The maximum Gasteiger partial charge on any atom is 0.304 e. The summed E-state index contributed by atoms with van der Waals surface area (Å²) in [5.41, 5.74) is 3.93. The lowest BCUT2D eigenvalue weighted by molar-refractivity contribution is -0.138. The van der Waals surface area contributed by atoms with Gasteiger partial charge in [-0.1, -0.05) is 78.3 Å². The van der Waals surface area contributed by atoms with Gasteiger partial charge in [-0.05, 0) is 31.4 Å². The van der Waals surface area contributed by atoms with Gasteiger partial charge in [0.25, 0.3) is 5.89 Å². The number of rotatable bonds is 10. The molecule has 4 aromatic rings. The maximum atomic E-state index is 11.1. The van der Waals surface area contributed by atoms with E-state index in [2.05, 4.69) is 27.1 Å². The van der Waals surface area contributed by atoms with Crippen LogP contribution >= 0.6 is 0 Å². The summed E-state index contributed by atoms with van der Waals surface area (Å²) in [5, 5.41) is 28.3. The molecule has 9 heteroatoms. The van der Waals surface area contributed by atoms with Gasteiger partial charge in [0.15, 0.2) is 11.5 Å². The summed E-state index contributed by atoms with van der Waals surface area (Å²) in [4.78, 5) is 17.8. The number of aliphatic hydroxyl groups excluding tert-OH is 1. The molecular formula is C28H30N4O5. The number of carboxylic acids is 1. The van der Waals surface area contributed by atoms with E-state index in [1.165, 1.54) is 0 Å². The molecule has 192 valence electrons. The lowest BCUT2D eigenvalue weighted by Gasteiger charge is -2.26. The molecule has 37 heavy (non-hydrogen) atoms. The Morgan fingerprint density at radius 2 is 1.86 bits per heavy atom. The third-order valence-corrected chi connectivity index (χ3v) is 6.82. The van der Waals surface area contributed by atoms with Gasteiger partial charge in [0, 0.05) is 29.3 Å². The average molecular weight is 503 g/mol. The number of β-amino-alcohol motifs (C(OH)–C–C–N with tert-alkyl or cyclic N) is 1. The Labute approximate surface area is 214 Å². The number of hydrogen-bond acceptors (Lipinski definition) is 8. The second kappa shape index (κ2) is 11.1. The van der Waals surface area contributed by atoms with Gasteiger partial charge in [-0.2, -0.15) is 4.98 Å². The molecule has 2 aromatic carbocycles. The highest BCUT2D eigenvalue weighted by Crippen LogP contribution is 2.33. The minimum Gasteiger partial charge on any atom is -0.481 e. The summed E-state index contributed by atoms with van der Waals surface area (Å²) in [5.74, 6) is 0.619. The van der Waals surface area contributed by atoms with Crippen molar-refractivity contribution in [2.45, 2.75) is 51.2 Å². The fraction of sp³-hybridized carbons (Fsp3) is 0.357. The van der Waals surface area contributed by atoms with Gasteiger partial charge < -0.3 is 19.3 Å². The second-order valence-electron chi connectivity index (χ2n) is 9.40. The zero-order valence-corrected chi connectivity index (χ0v) is 20.7. The van der Waals surface area contributed by atoms with Crippen molar-refractivity contribution in [3.8, 4) is 34.3 Å². The molecule has 5 rings (SSSR count). The van der Waals surface area contributed by atoms with Crippen molar-refractivity contribution in [3.63, 3.8) is 0 Å². The number of hydrogen-bond donors (Lipinski definition) is 2. The zero-order valence-electron chi connectivity index (χ0n) is 20.7. The van der Waals surface area contributed by atoms with E-state index in [0.717, 1.165) is 54.5 Å². The number of benzene rings is 2. The van der Waals surface area contributed by atoms with E-state index in [4.69, 9.17) is 14.2 Å². The van der Waals surface area contributed by atoms with Crippen molar-refractivity contribution >= 4 is 5.97 Å². The highest BCUT2D eigenvalue weighted by molar-refractivity contribution is 5.70. The van der Waals surface area contributed by atoms with Crippen LogP contribution in [-0.2, 0) is 11.2 Å². The van der Waals surface area contributed by atoms with Gasteiger partial charge in [0.1, 0.15) is 0 Å². The largest absolute Gasteiger partial charge is 0.481 e. The molecule has 1 fully saturated rings. The number of aliphatic hydroxyl groups is 1. The third-order valence-electron chi connectivity index (χ3n) is 6.82. The average Bonchev–Trinajstić information content (AvgIpc) is 3.65. The molecule has 0 spiro atoms. The van der Waals surface area contributed by atoms with Gasteiger partial charge >= 0.3 is 5.97 Å². The van der Waals surface area contributed by atoms with Crippen LogP contribution in [0.25, 0.3) is 34.3 Å². The molecule has 1 aliphatic rings. The van der Waals surface area contributed by atoms with Crippen molar-refractivity contribution in [1.29, 1.82) is 0 Å². The molecule has 3 heterocycles. The van der Waals surface area contributed by atoms with Crippen LogP contribution < -0.4 is 0 Å². The number of likely N-dealkylation sites (tertiary alicyclic amines) is 1. The number of carboxylic acid groups (broad SMARTS) is 1. The van der Waals surface area contributed by atoms with E-state index >= 15 is 0 Å². The summed E-state index contributed by atoms with van der Waals surface area (Å²) in [6.45, 7) is 3.29. The first-order valence-corrected chi connectivity index (χ1v) is 12.7. The van der Waals surface area contributed by atoms with Gasteiger partial charge in [-0.3, -0.25) is 9.69 Å². The SMILES string of the molecule is CCCc1c(-c2nc(-c3ccc(C(O)CN4CCC[C@H]4CC(=O)O)cc3)no2)noc1-c1ccccc1. The molecule has 0 radical (unpaired) electrons. The van der Waals surface area contributed by atoms with E-state index in [-0.39, 0.29) is 12.5 Å². The summed E-state index contributed by atoms with van der Waals surface area (Å²) in [7, 11) is 0. The zero-order chi connectivity index (χ0) is 25.8. The minimum absolute atomic E-state index is 0.0271. The van der Waals surface area contributed by atoms with E-state index in [1.54, 1.807) is 0 Å². The molecule has 1 saturated heterocycles. The molecule has 0 amide bonds. The first-order chi connectivity index (χ1) is 18.0. The normalized spacial score (nSPS) is 16.8. The standard InChI is InChI=1S/C28H30N4O5/c1-2-7-22-25(30-36-26(22)19-8-4-3-5-9-19)28-29-27(31-37-28)20-13-11-18(12-14-20)23(33)17-32-15-6-10-21(32)16-24(34)35/h3-5,8-9,11-14,21,23,33H,2,6-7,10,15-17H2,1H3,(H,34,35)/t21-,23?/m0/s1. The molecule has 9 nitrogen and oxygen atoms in total. The highest BCUT2D eigenvalue weighted by atomic mass is 16.5. The highest BCUT2D eigenvalue weighted by Gasteiger charge is 2.28. The van der Waals surface area contributed by atoms with E-state index in [0.29, 0.717) is 29.7 Å². The predicted octanol–water partition coefficient (Wildman–Crippen LogP) is 4.98. The van der Waals surface area contributed by atoms with Crippen molar-refractivity contribution in [1.82, 2.24) is 20.2 Å². The van der Waals surface area contributed by atoms with Crippen LogP contribution in [0.3, 0.4) is 0 Å². The first-order valence-electron chi connectivity index (χ1n) is 12.7. The number of aromatic nitrogens is 3. The van der Waals surface area contributed by atoms with Gasteiger partial charge in [0.05, 0.1) is 12.5 Å². The number of nitrogens with zero attached hydrogens (tertiary/aromatic N) is 4. The van der Waals surface area contributed by atoms with Crippen LogP contribution in [0.15, 0.2) is 63.6 Å². The lowest BCUT2D eigenvalue weighted by atomic mass is 10.0. The summed E-state index contributed by atoms with van der Waals surface area (Å²) >= 11 is 0. The quantitative estimate of drug-likeness (QED) is 0.309. The fourth-order valence-corrected chi connectivity index (χ4v) is 4.96. The third kappa shape index (κ3) is 5.47. The monoisotopic (exact) mass is 502 g/mol. The van der Waals surface area contributed by atoms with Gasteiger partial charge in [-0.15, -0.1) is 0 Å². The Hall–Kier alpha value is -3.82. The van der Waals surface area contributed by atoms with Crippen molar-refractivity contribution in [3.05, 3.63) is 65.7 Å².